The van der Waals surface area contributed by atoms with Crippen molar-refractivity contribution >= 4 is 40.0 Å². The van der Waals surface area contributed by atoms with Crippen LogP contribution in [0.5, 0.6) is 0 Å². The average Bonchev–Trinajstić information content (AvgIpc) is 3.50. The van der Waals surface area contributed by atoms with Gasteiger partial charge >= 0.3 is 0 Å². The Hall–Kier alpha value is -4.98. The lowest BCUT2D eigenvalue weighted by atomic mass is 9.82. The number of hydrogen-bond donors (Lipinski definition) is 0. The molecule has 0 radical (unpaired) electrons. The van der Waals surface area contributed by atoms with Crippen LogP contribution in [0.3, 0.4) is 0 Å². The number of hydrogen-bond acceptors (Lipinski definition) is 0. The van der Waals surface area contributed by atoms with Crippen LogP contribution < -0.4 is 10.4 Å². The standard InChI is InChI=1S/C56H62Si/c1-53(2,3)43-31-23-39(24-32-43)49-50(40-25-33-44(34-26-40)54(4,5)6)52(42-29-37-46(38-30-42)56(10,11)12)57(47-19-15-13-16-20-47,48-21-17-14-18-22-48)51(49)41-27-35-45(36-28-41)55(7,8)9/h13-38H,1-12H3. The summed E-state index contributed by atoms with van der Waals surface area (Å²) in [7, 11) is -3.08. The molecule has 0 nitrogen and oxygen atoms in total. The molecule has 1 aliphatic heterocycles. The Morgan fingerprint density at radius 3 is 0.719 bits per heavy atom. The van der Waals surface area contributed by atoms with Gasteiger partial charge in [0.25, 0.3) is 0 Å². The van der Waals surface area contributed by atoms with Gasteiger partial charge in [-0.15, -0.1) is 0 Å². The lowest BCUT2D eigenvalue weighted by molar-refractivity contribution is 0.590. The van der Waals surface area contributed by atoms with Crippen molar-refractivity contribution in [3.8, 4) is 0 Å². The summed E-state index contributed by atoms with van der Waals surface area (Å²) in [5.41, 5.74) is 13.3. The molecule has 6 aromatic rings. The fraction of sp³-hybridized carbons (Fsp3) is 0.286. The second-order valence-electron chi connectivity index (χ2n) is 20.3. The molecule has 57 heavy (non-hydrogen) atoms. The normalized spacial score (nSPS) is 15.0. The SMILES string of the molecule is CC(C)(C)c1ccc(C2=C(c3ccc(C(C)(C)C)cc3)[Si](c3ccccc3)(c3ccccc3)C(c3ccc(C(C)(C)C)cc3)=C2c2ccc(C(C)(C)C)cc2)cc1. The van der Waals surface area contributed by atoms with Gasteiger partial charge in [-0.2, -0.15) is 0 Å². The Kier molecular flexibility index (Phi) is 10.4. The van der Waals surface area contributed by atoms with E-state index in [0.29, 0.717) is 0 Å². The molecule has 0 fully saturated rings. The van der Waals surface area contributed by atoms with Crippen molar-refractivity contribution in [2.24, 2.45) is 0 Å². The summed E-state index contributed by atoms with van der Waals surface area (Å²) in [4.78, 5) is 0. The van der Waals surface area contributed by atoms with Crippen LogP contribution in [0.2, 0.25) is 0 Å². The van der Waals surface area contributed by atoms with Gasteiger partial charge in [-0.05, 0) is 98.1 Å². The largest absolute Gasteiger partial charge is 0.182 e. The van der Waals surface area contributed by atoms with Gasteiger partial charge in [0, 0.05) is 0 Å². The third-order valence-corrected chi connectivity index (χ3v) is 17.0. The van der Waals surface area contributed by atoms with Gasteiger partial charge in [0.15, 0.2) is 8.07 Å². The second-order valence-corrected chi connectivity index (χ2v) is 23.9. The minimum Gasteiger partial charge on any atom is -0.0623 e. The van der Waals surface area contributed by atoms with Gasteiger partial charge in [-0.3, -0.25) is 0 Å². The summed E-state index contributed by atoms with van der Waals surface area (Å²) in [5.74, 6) is 0. The summed E-state index contributed by atoms with van der Waals surface area (Å²) in [6.07, 6.45) is 0. The molecule has 6 aromatic carbocycles. The van der Waals surface area contributed by atoms with Crippen molar-refractivity contribution in [1.29, 1.82) is 0 Å². The lowest BCUT2D eigenvalue weighted by Gasteiger charge is -2.36. The Labute approximate surface area is 345 Å². The zero-order chi connectivity index (χ0) is 41.0. The first-order valence-electron chi connectivity index (χ1n) is 20.9. The predicted octanol–water partition coefficient (Wildman–Crippen LogP) is 13.8. The summed E-state index contributed by atoms with van der Waals surface area (Å²) >= 11 is 0. The van der Waals surface area contributed by atoms with E-state index in [0.717, 1.165) is 0 Å². The van der Waals surface area contributed by atoms with Crippen LogP contribution in [0.25, 0.3) is 21.5 Å². The molecular formula is C56H62Si. The van der Waals surface area contributed by atoms with Crippen LogP contribution in [0.4, 0.5) is 0 Å². The van der Waals surface area contributed by atoms with Crippen LogP contribution in [0.15, 0.2) is 158 Å². The maximum atomic E-state index is 2.43. The fourth-order valence-electron chi connectivity index (χ4n) is 8.72. The number of benzene rings is 6. The van der Waals surface area contributed by atoms with Crippen molar-refractivity contribution in [2.45, 2.75) is 105 Å². The van der Waals surface area contributed by atoms with Gasteiger partial charge < -0.3 is 0 Å². The number of allylic oxidation sites excluding steroid dienone is 2. The van der Waals surface area contributed by atoms with E-state index in [2.05, 4.69) is 241 Å². The second kappa shape index (κ2) is 14.8. The van der Waals surface area contributed by atoms with Crippen LogP contribution in [-0.2, 0) is 21.7 Å². The first kappa shape index (κ1) is 40.2. The minimum atomic E-state index is -3.08. The van der Waals surface area contributed by atoms with Gasteiger partial charge in [0.2, 0.25) is 0 Å². The fourth-order valence-corrected chi connectivity index (χ4v) is 14.3. The molecule has 290 valence electrons. The van der Waals surface area contributed by atoms with Gasteiger partial charge in [0.1, 0.15) is 0 Å². The van der Waals surface area contributed by atoms with E-state index < -0.39 is 8.07 Å². The molecule has 1 heterocycles. The summed E-state index contributed by atoms with van der Waals surface area (Å²) in [6, 6.07) is 61.4. The van der Waals surface area contributed by atoms with Crippen molar-refractivity contribution in [1.82, 2.24) is 0 Å². The Morgan fingerprint density at radius 2 is 0.491 bits per heavy atom. The van der Waals surface area contributed by atoms with Gasteiger partial charge in [0.05, 0.1) is 0 Å². The molecule has 7 rings (SSSR count). The Morgan fingerprint density at radius 1 is 0.263 bits per heavy atom. The molecular weight excluding hydrogens is 701 g/mol. The highest BCUT2D eigenvalue weighted by atomic mass is 28.3. The average molecular weight is 763 g/mol. The highest BCUT2D eigenvalue weighted by Crippen LogP contribution is 2.56. The maximum absolute atomic E-state index is 3.08. The molecule has 0 unspecified atom stereocenters. The summed E-state index contributed by atoms with van der Waals surface area (Å²) < 4.78 is 0. The third kappa shape index (κ3) is 7.60. The summed E-state index contributed by atoms with van der Waals surface area (Å²) in [5, 5.41) is 5.69. The van der Waals surface area contributed by atoms with E-state index in [-0.39, 0.29) is 21.7 Å². The van der Waals surface area contributed by atoms with E-state index in [1.165, 1.54) is 76.4 Å². The molecule has 0 amide bonds. The topological polar surface area (TPSA) is 0 Å². The zero-order valence-corrected chi connectivity index (χ0v) is 37.5. The summed E-state index contributed by atoms with van der Waals surface area (Å²) in [6.45, 7) is 27.7. The van der Waals surface area contributed by atoms with Crippen LogP contribution in [0, 0.1) is 0 Å². The Bertz CT molecular complexity index is 2220. The molecule has 1 heteroatoms. The van der Waals surface area contributed by atoms with E-state index in [4.69, 9.17) is 0 Å². The highest BCUT2D eigenvalue weighted by Gasteiger charge is 2.53. The van der Waals surface area contributed by atoms with E-state index in [1.807, 2.05) is 0 Å². The molecule has 0 aliphatic carbocycles. The van der Waals surface area contributed by atoms with Gasteiger partial charge in [-0.1, -0.05) is 241 Å². The molecule has 0 bridgehead atoms. The Balaban J connectivity index is 1.73. The monoisotopic (exact) mass is 762 g/mol. The van der Waals surface area contributed by atoms with Crippen molar-refractivity contribution in [2.75, 3.05) is 0 Å². The smallest absolute Gasteiger partial charge is 0.0623 e. The van der Waals surface area contributed by atoms with E-state index in [1.54, 1.807) is 0 Å². The lowest BCUT2D eigenvalue weighted by Crippen LogP contribution is -2.59. The van der Waals surface area contributed by atoms with E-state index in [9.17, 15) is 0 Å². The maximum Gasteiger partial charge on any atom is 0.182 e. The molecule has 0 atom stereocenters. The number of rotatable bonds is 6. The molecule has 0 N–H and O–H groups in total. The van der Waals surface area contributed by atoms with Crippen LogP contribution >= 0.6 is 0 Å². The zero-order valence-electron chi connectivity index (χ0n) is 36.5. The predicted molar refractivity (Wildman–Crippen MR) is 252 cm³/mol. The van der Waals surface area contributed by atoms with Crippen LogP contribution in [0.1, 0.15) is 128 Å². The van der Waals surface area contributed by atoms with Crippen molar-refractivity contribution < 1.29 is 0 Å². The quantitative estimate of drug-likeness (QED) is 0.148. The molecule has 0 saturated heterocycles. The van der Waals surface area contributed by atoms with Crippen molar-refractivity contribution in [3.63, 3.8) is 0 Å². The molecule has 1 aliphatic rings. The first-order valence-corrected chi connectivity index (χ1v) is 22.9. The van der Waals surface area contributed by atoms with E-state index >= 15 is 0 Å². The van der Waals surface area contributed by atoms with Gasteiger partial charge in [-0.25, -0.2) is 0 Å². The third-order valence-electron chi connectivity index (χ3n) is 12.1. The minimum absolute atomic E-state index is 0.0414. The molecule has 0 saturated carbocycles. The highest BCUT2D eigenvalue weighted by molar-refractivity contribution is 7.29. The first-order chi connectivity index (χ1) is 26.8. The van der Waals surface area contributed by atoms with Crippen LogP contribution in [-0.4, -0.2) is 8.07 Å². The molecule has 0 spiro atoms. The molecule has 0 aromatic heterocycles. The van der Waals surface area contributed by atoms with Crippen molar-refractivity contribution in [3.05, 3.63) is 202 Å².